The second-order valence-electron chi connectivity index (χ2n) is 5.35. The van der Waals surface area contributed by atoms with Gasteiger partial charge in [-0.3, -0.25) is 4.98 Å². The van der Waals surface area contributed by atoms with Crippen molar-refractivity contribution in [2.24, 2.45) is 7.05 Å². The van der Waals surface area contributed by atoms with Crippen molar-refractivity contribution in [3.8, 4) is 0 Å². The van der Waals surface area contributed by atoms with E-state index in [0.717, 1.165) is 25.2 Å². The molecule has 2 heterocycles. The van der Waals surface area contributed by atoms with Crippen LogP contribution >= 0.6 is 0 Å². The second-order valence-corrected chi connectivity index (χ2v) is 5.35. The largest absolute Gasteiger partial charge is 0.350 e. The summed E-state index contributed by atoms with van der Waals surface area (Å²) in [6.07, 6.45) is 5.10. The summed E-state index contributed by atoms with van der Waals surface area (Å²) >= 11 is 0. The van der Waals surface area contributed by atoms with Gasteiger partial charge >= 0.3 is 0 Å². The maximum absolute atomic E-state index is 4.48. The fourth-order valence-corrected chi connectivity index (χ4v) is 2.83. The van der Waals surface area contributed by atoms with Crippen LogP contribution < -0.4 is 5.32 Å². The van der Waals surface area contributed by atoms with E-state index in [1.54, 1.807) is 0 Å². The summed E-state index contributed by atoms with van der Waals surface area (Å²) in [6.45, 7) is 3.85. The molecule has 0 aliphatic rings. The highest BCUT2D eigenvalue weighted by Gasteiger charge is 2.06. The first-order valence-corrected chi connectivity index (χ1v) is 7.46. The first-order valence-electron chi connectivity index (χ1n) is 7.46. The molecular weight excluding hydrogens is 258 g/mol. The predicted molar refractivity (Wildman–Crippen MR) is 87.1 cm³/mol. The zero-order valence-corrected chi connectivity index (χ0v) is 12.6. The number of pyridine rings is 1. The number of hydrogen-bond donors (Lipinski definition) is 1. The fourth-order valence-electron chi connectivity index (χ4n) is 2.83. The maximum atomic E-state index is 4.48. The van der Waals surface area contributed by atoms with Crippen LogP contribution in [0.2, 0.25) is 0 Å². The minimum absolute atomic E-state index is 0.813. The van der Waals surface area contributed by atoms with Crippen LogP contribution in [0.5, 0.6) is 0 Å². The van der Waals surface area contributed by atoms with Gasteiger partial charge in [-0.2, -0.15) is 0 Å². The minimum atomic E-state index is 0.813. The van der Waals surface area contributed by atoms with Crippen molar-refractivity contribution in [2.75, 3.05) is 0 Å². The Morgan fingerprint density at radius 2 is 1.90 bits per heavy atom. The molecule has 0 spiro atoms. The average Bonchev–Trinajstić information content (AvgIpc) is 2.85. The van der Waals surface area contributed by atoms with Gasteiger partial charge < -0.3 is 9.88 Å². The highest BCUT2D eigenvalue weighted by atomic mass is 14.9. The van der Waals surface area contributed by atoms with Crippen molar-refractivity contribution in [2.45, 2.75) is 26.4 Å². The van der Waals surface area contributed by atoms with Crippen LogP contribution in [0.1, 0.15) is 23.7 Å². The first-order chi connectivity index (χ1) is 10.3. The number of nitrogens with one attached hydrogen (secondary N) is 1. The Kier molecular flexibility index (Phi) is 4.02. The van der Waals surface area contributed by atoms with E-state index in [1.807, 2.05) is 12.3 Å². The molecule has 21 heavy (non-hydrogen) atoms. The first kappa shape index (κ1) is 13.8. The van der Waals surface area contributed by atoms with Crippen molar-refractivity contribution in [1.29, 1.82) is 0 Å². The Labute approximate surface area is 125 Å². The van der Waals surface area contributed by atoms with E-state index in [2.05, 4.69) is 65.4 Å². The molecule has 0 aliphatic carbocycles. The average molecular weight is 279 g/mol. The molecule has 0 fully saturated rings. The van der Waals surface area contributed by atoms with E-state index >= 15 is 0 Å². The van der Waals surface area contributed by atoms with Crippen molar-refractivity contribution in [1.82, 2.24) is 14.9 Å². The Bertz CT molecular complexity index is 743. The van der Waals surface area contributed by atoms with Crippen molar-refractivity contribution >= 4 is 10.9 Å². The monoisotopic (exact) mass is 279 g/mol. The summed E-state index contributed by atoms with van der Waals surface area (Å²) in [4.78, 5) is 4.48. The lowest BCUT2D eigenvalue weighted by molar-refractivity contribution is 0.674. The lowest BCUT2D eigenvalue weighted by Crippen LogP contribution is -2.15. The number of hydrogen-bond acceptors (Lipinski definition) is 2. The molecule has 1 N–H and O–H groups in total. The van der Waals surface area contributed by atoms with Gasteiger partial charge in [-0.1, -0.05) is 31.2 Å². The Hall–Kier alpha value is -2.13. The van der Waals surface area contributed by atoms with Crippen LogP contribution in [0.4, 0.5) is 0 Å². The van der Waals surface area contributed by atoms with Gasteiger partial charge in [-0.15, -0.1) is 0 Å². The number of aryl methyl sites for hydroxylation is 2. The maximum Gasteiger partial charge on any atom is 0.0573 e. The second kappa shape index (κ2) is 6.10. The van der Waals surface area contributed by atoms with Gasteiger partial charge in [0, 0.05) is 43.4 Å². The molecule has 0 unspecified atom stereocenters. The molecule has 0 aliphatic heterocycles. The highest BCUT2D eigenvalue weighted by Crippen LogP contribution is 2.20. The molecule has 2 aromatic heterocycles. The summed E-state index contributed by atoms with van der Waals surface area (Å²) < 4.78 is 2.19. The van der Waals surface area contributed by atoms with Gasteiger partial charge in [-0.05, 0) is 29.7 Å². The zero-order chi connectivity index (χ0) is 14.7. The minimum Gasteiger partial charge on any atom is -0.350 e. The molecule has 3 rings (SSSR count). The summed E-state index contributed by atoms with van der Waals surface area (Å²) in [5, 5.41) is 4.85. The van der Waals surface area contributed by atoms with Crippen molar-refractivity contribution in [3.63, 3.8) is 0 Å². The molecule has 3 nitrogen and oxygen atoms in total. The number of aromatic nitrogens is 2. The predicted octanol–water partition coefficient (Wildman–Crippen LogP) is 3.43. The SMILES string of the molecule is CCc1cccnc1CNCc1cn(C)c2ccccc12. The summed E-state index contributed by atoms with van der Waals surface area (Å²) in [5.41, 5.74) is 5.09. The zero-order valence-electron chi connectivity index (χ0n) is 12.6. The molecule has 0 atom stereocenters. The van der Waals surface area contributed by atoms with Crippen LogP contribution in [0.25, 0.3) is 10.9 Å². The molecule has 3 heteroatoms. The topological polar surface area (TPSA) is 29.9 Å². The van der Waals surface area contributed by atoms with Crippen LogP contribution in [0, 0.1) is 0 Å². The third-order valence-corrected chi connectivity index (χ3v) is 3.95. The van der Waals surface area contributed by atoms with Gasteiger partial charge in [0.2, 0.25) is 0 Å². The quantitative estimate of drug-likeness (QED) is 0.775. The summed E-state index contributed by atoms with van der Waals surface area (Å²) in [6, 6.07) is 12.7. The van der Waals surface area contributed by atoms with Gasteiger partial charge in [0.25, 0.3) is 0 Å². The third kappa shape index (κ3) is 2.83. The van der Waals surface area contributed by atoms with E-state index in [1.165, 1.54) is 22.0 Å². The number of nitrogens with zero attached hydrogens (tertiary/aromatic N) is 2. The van der Waals surface area contributed by atoms with E-state index in [0.29, 0.717) is 0 Å². The molecular formula is C18H21N3. The Balaban J connectivity index is 1.72. The molecule has 0 saturated carbocycles. The Morgan fingerprint density at radius 3 is 2.76 bits per heavy atom. The Morgan fingerprint density at radius 1 is 1.05 bits per heavy atom. The van der Waals surface area contributed by atoms with Gasteiger partial charge in [0.15, 0.2) is 0 Å². The van der Waals surface area contributed by atoms with E-state index < -0.39 is 0 Å². The van der Waals surface area contributed by atoms with E-state index in [4.69, 9.17) is 0 Å². The van der Waals surface area contributed by atoms with Gasteiger partial charge in [0.1, 0.15) is 0 Å². The molecule has 0 saturated heterocycles. The number of benzene rings is 1. The summed E-state index contributed by atoms with van der Waals surface area (Å²) in [7, 11) is 2.10. The normalized spacial score (nSPS) is 11.1. The van der Waals surface area contributed by atoms with E-state index in [9.17, 15) is 0 Å². The summed E-state index contributed by atoms with van der Waals surface area (Å²) in [5.74, 6) is 0. The standard InChI is InChI=1S/C18H21N3/c1-3-14-7-6-10-20-17(14)12-19-11-15-13-21(2)18-9-5-4-8-16(15)18/h4-10,13,19H,3,11-12H2,1-2H3. The van der Waals surface area contributed by atoms with Crippen molar-refractivity contribution < 1.29 is 0 Å². The van der Waals surface area contributed by atoms with Crippen molar-refractivity contribution in [3.05, 3.63) is 65.6 Å². The van der Waals surface area contributed by atoms with Crippen LogP contribution in [0.15, 0.2) is 48.8 Å². The molecule has 0 radical (unpaired) electrons. The molecule has 0 amide bonds. The fraction of sp³-hybridized carbons (Fsp3) is 0.278. The lowest BCUT2D eigenvalue weighted by Gasteiger charge is -2.07. The molecule has 3 aromatic rings. The van der Waals surface area contributed by atoms with Crippen LogP contribution in [-0.2, 0) is 26.6 Å². The van der Waals surface area contributed by atoms with E-state index in [-0.39, 0.29) is 0 Å². The molecule has 1 aromatic carbocycles. The molecule has 0 bridgehead atoms. The van der Waals surface area contributed by atoms with Crippen LogP contribution in [-0.4, -0.2) is 9.55 Å². The smallest absolute Gasteiger partial charge is 0.0573 e. The van der Waals surface area contributed by atoms with Crippen LogP contribution in [0.3, 0.4) is 0 Å². The van der Waals surface area contributed by atoms with Gasteiger partial charge in [-0.25, -0.2) is 0 Å². The lowest BCUT2D eigenvalue weighted by atomic mass is 10.1. The number of rotatable bonds is 5. The number of para-hydroxylation sites is 1. The third-order valence-electron chi connectivity index (χ3n) is 3.95. The highest BCUT2D eigenvalue weighted by molar-refractivity contribution is 5.83. The van der Waals surface area contributed by atoms with Gasteiger partial charge in [0.05, 0.1) is 5.69 Å². The molecule has 108 valence electrons. The number of fused-ring (bicyclic) bond motifs is 1.